The Hall–Kier alpha value is -2.29. The molecule has 1 aromatic heterocycles. The smallest absolute Gasteiger partial charge is 0.246 e. The van der Waals surface area contributed by atoms with Crippen LogP contribution in [-0.2, 0) is 11.3 Å². The number of hydrogen-bond donors (Lipinski definition) is 1. The van der Waals surface area contributed by atoms with E-state index in [4.69, 9.17) is 56.2 Å². The summed E-state index contributed by atoms with van der Waals surface area (Å²) in [5.74, 6) is -0.0784. The summed E-state index contributed by atoms with van der Waals surface area (Å²) in [4.78, 5) is 20.5. The van der Waals surface area contributed by atoms with Crippen molar-refractivity contribution in [2.75, 3.05) is 26.2 Å². The predicted molar refractivity (Wildman–Crippen MR) is 128 cm³/mol. The number of aromatic hydroxyl groups is 1. The van der Waals surface area contributed by atoms with Crippen LogP contribution >= 0.6 is 23.2 Å². The van der Waals surface area contributed by atoms with Gasteiger partial charge in [-0.25, -0.2) is 4.98 Å². The van der Waals surface area contributed by atoms with E-state index < -0.39 is 5.30 Å². The van der Waals surface area contributed by atoms with Gasteiger partial charge in [0.15, 0.2) is 5.75 Å². The molecule has 0 unspecified atom stereocenters. The van der Waals surface area contributed by atoms with Crippen molar-refractivity contribution in [1.29, 1.82) is 0 Å². The van der Waals surface area contributed by atoms with E-state index in [1.165, 1.54) is 12.1 Å². The molecule has 1 atom stereocenters. The molecule has 2 aliphatic rings. The summed E-state index contributed by atoms with van der Waals surface area (Å²) < 4.78 is 11.6. The number of pyridine rings is 1. The Labute approximate surface area is 205 Å². The number of amides is 1. The van der Waals surface area contributed by atoms with Crippen LogP contribution in [0.4, 0.5) is 0 Å². The molecule has 1 N–H and O–H groups in total. The van der Waals surface area contributed by atoms with Crippen LogP contribution in [0.1, 0.15) is 5.69 Å². The standard InChI is InChI=1S/C21H18B3Cl2N3O4/c1-2-15(31)29-7-6-28-9-13-19(32-10-11(28)8-29)18(26)17(20(27-13)33-21(22,23)24)16-12(25)4-3-5-14(16)30/h2-5,11,30H,1,6-10H2/t11-/m1/s1. The van der Waals surface area contributed by atoms with Gasteiger partial charge in [-0.1, -0.05) is 35.8 Å². The van der Waals surface area contributed by atoms with Crippen LogP contribution in [0.2, 0.25) is 10.0 Å². The molecule has 0 spiro atoms. The number of carbonyl (C=O) groups is 1. The van der Waals surface area contributed by atoms with Crippen molar-refractivity contribution in [3.05, 3.63) is 46.6 Å². The van der Waals surface area contributed by atoms with E-state index in [0.29, 0.717) is 37.6 Å². The van der Waals surface area contributed by atoms with Gasteiger partial charge in [-0.05, 0) is 23.5 Å². The van der Waals surface area contributed by atoms with Gasteiger partial charge in [-0.15, -0.1) is 0 Å². The van der Waals surface area contributed by atoms with Crippen molar-refractivity contribution in [1.82, 2.24) is 14.8 Å². The van der Waals surface area contributed by atoms with Gasteiger partial charge >= 0.3 is 0 Å². The van der Waals surface area contributed by atoms with E-state index in [1.807, 2.05) is 0 Å². The average Bonchev–Trinajstić information content (AvgIpc) is 2.92. The number of hydrogen-bond acceptors (Lipinski definition) is 6. The number of fused-ring (bicyclic) bond motifs is 2. The van der Waals surface area contributed by atoms with E-state index in [2.05, 4.69) is 16.5 Å². The zero-order chi connectivity index (χ0) is 23.9. The van der Waals surface area contributed by atoms with Gasteiger partial charge in [0.05, 0.1) is 21.7 Å². The van der Waals surface area contributed by atoms with E-state index in [0.717, 1.165) is 0 Å². The molecule has 1 saturated heterocycles. The molecule has 7 nitrogen and oxygen atoms in total. The number of halogens is 2. The van der Waals surface area contributed by atoms with Crippen LogP contribution in [0.3, 0.4) is 0 Å². The molecular formula is C21H18B3Cl2N3O4. The molecule has 1 amide bonds. The molecular weight excluding hydrogens is 462 g/mol. The highest BCUT2D eigenvalue weighted by Crippen LogP contribution is 2.49. The maximum absolute atomic E-state index is 12.1. The molecule has 1 aromatic carbocycles. The minimum Gasteiger partial charge on any atom is -0.507 e. The highest BCUT2D eigenvalue weighted by Gasteiger charge is 2.35. The first kappa shape index (κ1) is 23.9. The molecule has 2 aliphatic heterocycles. The van der Waals surface area contributed by atoms with Crippen molar-refractivity contribution in [3.8, 4) is 28.5 Å². The van der Waals surface area contributed by atoms with Crippen LogP contribution in [0, 0.1) is 0 Å². The Balaban J connectivity index is 1.80. The lowest BCUT2D eigenvalue weighted by atomic mass is 9.52. The Bertz CT molecular complexity index is 1090. The van der Waals surface area contributed by atoms with Gasteiger partial charge in [0, 0.05) is 31.7 Å². The number of phenols is 1. The Morgan fingerprint density at radius 1 is 1.30 bits per heavy atom. The lowest BCUT2D eigenvalue weighted by Crippen LogP contribution is -2.55. The van der Waals surface area contributed by atoms with Crippen molar-refractivity contribution >= 4 is 52.6 Å². The summed E-state index contributed by atoms with van der Waals surface area (Å²) in [6, 6.07) is 4.51. The first-order valence-corrected chi connectivity index (χ1v) is 10.9. The molecule has 0 bridgehead atoms. The van der Waals surface area contributed by atoms with Crippen LogP contribution in [0.15, 0.2) is 30.9 Å². The van der Waals surface area contributed by atoms with Gasteiger partial charge < -0.3 is 19.5 Å². The number of benzene rings is 1. The van der Waals surface area contributed by atoms with Gasteiger partial charge in [-0.3, -0.25) is 9.69 Å². The van der Waals surface area contributed by atoms with E-state index >= 15 is 0 Å². The molecule has 12 heteroatoms. The molecule has 0 saturated carbocycles. The Morgan fingerprint density at radius 2 is 2.06 bits per heavy atom. The molecule has 3 heterocycles. The fraction of sp³-hybridized carbons (Fsp3) is 0.333. The second-order valence-corrected chi connectivity index (χ2v) is 8.68. The third kappa shape index (κ3) is 4.83. The van der Waals surface area contributed by atoms with E-state index in [9.17, 15) is 9.90 Å². The van der Waals surface area contributed by atoms with E-state index in [1.54, 1.807) is 17.0 Å². The lowest BCUT2D eigenvalue weighted by molar-refractivity contribution is -0.129. The fourth-order valence-electron chi connectivity index (χ4n) is 4.00. The van der Waals surface area contributed by atoms with Gasteiger partial charge in [0.25, 0.3) is 0 Å². The number of phenolic OH excluding ortho intramolecular Hbond substituents is 1. The van der Waals surface area contributed by atoms with Crippen molar-refractivity contribution < 1.29 is 19.4 Å². The highest BCUT2D eigenvalue weighted by atomic mass is 35.5. The number of ether oxygens (including phenoxy) is 2. The molecule has 1 fully saturated rings. The van der Waals surface area contributed by atoms with Gasteiger partial charge in [-0.2, -0.15) is 0 Å². The minimum atomic E-state index is -2.07. The van der Waals surface area contributed by atoms with Crippen LogP contribution in [-0.4, -0.2) is 86.9 Å². The highest BCUT2D eigenvalue weighted by molar-refractivity contribution is 6.58. The Morgan fingerprint density at radius 3 is 2.73 bits per heavy atom. The molecule has 6 radical (unpaired) electrons. The zero-order valence-electron chi connectivity index (χ0n) is 17.6. The molecule has 2 aromatic rings. The largest absolute Gasteiger partial charge is 0.507 e. The second-order valence-electron chi connectivity index (χ2n) is 7.90. The van der Waals surface area contributed by atoms with Crippen molar-refractivity contribution in [3.63, 3.8) is 0 Å². The summed E-state index contributed by atoms with van der Waals surface area (Å²) in [5.41, 5.74) is 0.792. The molecule has 0 aliphatic carbocycles. The quantitative estimate of drug-likeness (QED) is 0.533. The second kappa shape index (κ2) is 9.16. The molecule has 33 heavy (non-hydrogen) atoms. The first-order chi connectivity index (χ1) is 15.6. The van der Waals surface area contributed by atoms with Gasteiger partial charge in [0.1, 0.15) is 41.6 Å². The van der Waals surface area contributed by atoms with Crippen LogP contribution in [0.25, 0.3) is 11.1 Å². The normalized spacial score (nSPS) is 18.5. The third-order valence-electron chi connectivity index (χ3n) is 5.51. The summed E-state index contributed by atoms with van der Waals surface area (Å²) in [7, 11) is 17.0. The maximum atomic E-state index is 12.1. The SMILES string of the molecule is [B]C([B])([B])Oc1nc2c(c(Cl)c1-c1c(O)cccc1Cl)OC[C@H]1CN(C(=O)C=C)CCN1C2. The van der Waals surface area contributed by atoms with Crippen molar-refractivity contribution in [2.24, 2.45) is 0 Å². The topological polar surface area (TPSA) is 75.1 Å². The number of piperazine rings is 1. The van der Waals surface area contributed by atoms with Crippen molar-refractivity contribution in [2.45, 2.75) is 17.9 Å². The Kier molecular flexibility index (Phi) is 6.62. The average molecular weight is 480 g/mol. The minimum absolute atomic E-state index is 0.0907. The fourth-order valence-corrected chi connectivity index (χ4v) is 4.60. The number of carbonyl (C=O) groups excluding carboxylic acids is 1. The zero-order valence-corrected chi connectivity index (χ0v) is 19.1. The number of aromatic nitrogens is 1. The molecule has 164 valence electrons. The first-order valence-electron chi connectivity index (χ1n) is 10.1. The third-order valence-corrected chi connectivity index (χ3v) is 6.19. The molecule has 4 rings (SSSR count). The summed E-state index contributed by atoms with van der Waals surface area (Å²) in [6.07, 6.45) is 1.30. The number of rotatable bonds is 4. The lowest BCUT2D eigenvalue weighted by Gasteiger charge is -2.39. The maximum Gasteiger partial charge on any atom is 0.246 e. The van der Waals surface area contributed by atoms with Crippen LogP contribution < -0.4 is 9.47 Å². The summed E-state index contributed by atoms with van der Waals surface area (Å²) in [5, 5.41) is 8.75. The van der Waals surface area contributed by atoms with Gasteiger partial charge in [0.2, 0.25) is 11.8 Å². The van der Waals surface area contributed by atoms with E-state index in [-0.39, 0.29) is 51.4 Å². The predicted octanol–water partition coefficient (Wildman–Crippen LogP) is 1.85. The summed E-state index contributed by atoms with van der Waals surface area (Å²) >= 11 is 13.1. The summed E-state index contributed by atoms with van der Waals surface area (Å²) in [6.45, 7) is 5.79. The monoisotopic (exact) mass is 479 g/mol. The number of nitrogens with zero attached hydrogens (tertiary/aromatic N) is 3. The van der Waals surface area contributed by atoms with Crippen LogP contribution in [0.5, 0.6) is 17.4 Å².